The number of rotatable bonds is 8. The van der Waals surface area contributed by atoms with Crippen molar-refractivity contribution >= 4 is 22.7 Å². The van der Waals surface area contributed by atoms with Crippen molar-refractivity contribution < 1.29 is 23.1 Å². The zero-order chi connectivity index (χ0) is 28.7. The molecule has 0 radical (unpaired) electrons. The molecule has 0 aliphatic heterocycles. The zero-order valence-electron chi connectivity index (χ0n) is 23.0. The van der Waals surface area contributed by atoms with Gasteiger partial charge >= 0.3 is 0 Å². The van der Waals surface area contributed by atoms with Gasteiger partial charge in [0.1, 0.15) is 28.7 Å². The highest BCUT2D eigenvalue weighted by Crippen LogP contribution is 2.50. The van der Waals surface area contributed by atoms with E-state index in [0.29, 0.717) is 51.4 Å². The Bertz CT molecular complexity index is 1790. The molecule has 0 atom stereocenters. The number of amides is 1. The Hall–Kier alpha value is -4.85. The van der Waals surface area contributed by atoms with Crippen molar-refractivity contribution in [2.45, 2.75) is 31.6 Å². The van der Waals surface area contributed by atoms with E-state index in [0.717, 1.165) is 29.5 Å². The van der Waals surface area contributed by atoms with Crippen molar-refractivity contribution in [3.8, 4) is 28.2 Å². The number of hydrogen-bond donors (Lipinski definition) is 1. The molecule has 2 heterocycles. The summed E-state index contributed by atoms with van der Waals surface area (Å²) in [5.41, 5.74) is 4.18. The Morgan fingerprint density at radius 1 is 1.02 bits per heavy atom. The number of aromatic nitrogens is 2. The summed E-state index contributed by atoms with van der Waals surface area (Å²) >= 11 is 0. The van der Waals surface area contributed by atoms with Crippen molar-refractivity contribution in [3.05, 3.63) is 101 Å². The van der Waals surface area contributed by atoms with Crippen LogP contribution in [0.3, 0.4) is 0 Å². The van der Waals surface area contributed by atoms with E-state index in [2.05, 4.69) is 15.3 Å². The molecule has 1 aliphatic carbocycles. The lowest BCUT2D eigenvalue weighted by atomic mass is 9.90. The van der Waals surface area contributed by atoms with Gasteiger partial charge in [-0.25, -0.2) is 14.4 Å². The second-order valence-corrected chi connectivity index (χ2v) is 10.4. The van der Waals surface area contributed by atoms with Gasteiger partial charge in [0, 0.05) is 42.2 Å². The Kier molecular flexibility index (Phi) is 6.61. The SMILES string of the molecule is CNC(=O)c1c(-c2ccc(F)cc2)oc2ccc(-c3cc(C(=O)CC4(c5ncccn5)CC4)c(OC)cc3C)cc12. The van der Waals surface area contributed by atoms with Crippen LogP contribution >= 0.6 is 0 Å². The van der Waals surface area contributed by atoms with E-state index in [4.69, 9.17) is 9.15 Å². The van der Waals surface area contributed by atoms with Gasteiger partial charge in [-0.15, -0.1) is 0 Å². The first kappa shape index (κ1) is 26.4. The van der Waals surface area contributed by atoms with Gasteiger partial charge in [0.05, 0.1) is 18.2 Å². The van der Waals surface area contributed by atoms with E-state index in [9.17, 15) is 14.0 Å². The number of hydrogen-bond acceptors (Lipinski definition) is 6. The molecule has 0 bridgehead atoms. The standard InChI is InChI=1S/C33H28FN3O4/c1-19-15-28(40-3)24(26(38)18-33(11-12-33)32-36-13-4-14-37-32)17-23(19)21-7-10-27-25(16-21)29(31(39)35-2)30(41-27)20-5-8-22(34)9-6-20/h4-10,13-17H,11-12,18H2,1-3H3,(H,35,39). The summed E-state index contributed by atoms with van der Waals surface area (Å²) in [5.74, 6) is 0.830. The van der Waals surface area contributed by atoms with Gasteiger partial charge < -0.3 is 14.5 Å². The minimum atomic E-state index is -0.377. The van der Waals surface area contributed by atoms with E-state index < -0.39 is 0 Å². The number of furan rings is 1. The topological polar surface area (TPSA) is 94.3 Å². The fourth-order valence-electron chi connectivity index (χ4n) is 5.41. The van der Waals surface area contributed by atoms with Crippen LogP contribution in [0.5, 0.6) is 5.75 Å². The van der Waals surface area contributed by atoms with Gasteiger partial charge in [-0.3, -0.25) is 9.59 Å². The van der Waals surface area contributed by atoms with Crippen LogP contribution in [0.4, 0.5) is 4.39 Å². The highest BCUT2D eigenvalue weighted by molar-refractivity contribution is 6.12. The summed E-state index contributed by atoms with van der Waals surface area (Å²) in [6.45, 7) is 1.95. The molecule has 41 heavy (non-hydrogen) atoms. The van der Waals surface area contributed by atoms with Gasteiger partial charge in [-0.1, -0.05) is 6.07 Å². The average Bonchev–Trinajstić information content (AvgIpc) is 3.68. The molecule has 8 heteroatoms. The molecule has 3 aromatic carbocycles. The molecule has 0 spiro atoms. The number of carbonyl (C=O) groups is 2. The molecule has 1 aliphatic rings. The summed E-state index contributed by atoms with van der Waals surface area (Å²) in [4.78, 5) is 35.6. The molecule has 1 fully saturated rings. The Morgan fingerprint density at radius 3 is 2.39 bits per heavy atom. The van der Waals surface area contributed by atoms with E-state index in [1.54, 1.807) is 50.8 Å². The summed E-state index contributed by atoms with van der Waals surface area (Å²) < 4.78 is 25.3. The first-order chi connectivity index (χ1) is 19.8. The Morgan fingerprint density at radius 2 is 1.73 bits per heavy atom. The molecule has 2 aromatic heterocycles. The average molecular weight is 550 g/mol. The van der Waals surface area contributed by atoms with Crippen molar-refractivity contribution in [2.24, 2.45) is 0 Å². The normalized spacial score (nSPS) is 13.7. The number of ketones is 1. The summed E-state index contributed by atoms with van der Waals surface area (Å²) in [5, 5.41) is 3.30. The highest BCUT2D eigenvalue weighted by Gasteiger charge is 2.48. The number of aryl methyl sites for hydroxylation is 1. The van der Waals surface area contributed by atoms with Crippen LogP contribution in [0.15, 0.2) is 77.5 Å². The molecule has 5 aromatic rings. The highest BCUT2D eigenvalue weighted by atomic mass is 19.1. The second-order valence-electron chi connectivity index (χ2n) is 10.4. The first-order valence-electron chi connectivity index (χ1n) is 13.4. The first-order valence-corrected chi connectivity index (χ1v) is 13.4. The molecule has 7 nitrogen and oxygen atoms in total. The minimum absolute atomic E-state index is 0.0397. The van der Waals surface area contributed by atoms with Crippen molar-refractivity contribution in [1.29, 1.82) is 0 Å². The van der Waals surface area contributed by atoms with E-state index >= 15 is 0 Å². The lowest BCUT2D eigenvalue weighted by Gasteiger charge is -2.16. The Labute approximate surface area is 236 Å². The third-order valence-corrected chi connectivity index (χ3v) is 7.80. The molecule has 6 rings (SSSR count). The van der Waals surface area contributed by atoms with E-state index in [1.807, 2.05) is 31.2 Å². The number of Topliss-reactive ketones (excluding diaryl/α,β-unsaturated/α-hetero) is 1. The number of halogens is 1. The maximum absolute atomic E-state index is 13.7. The van der Waals surface area contributed by atoms with Crippen LogP contribution in [-0.2, 0) is 5.41 Å². The van der Waals surface area contributed by atoms with Gasteiger partial charge in [-0.05, 0) is 91.1 Å². The van der Waals surface area contributed by atoms with Crippen LogP contribution in [0.25, 0.3) is 33.4 Å². The lowest BCUT2D eigenvalue weighted by molar-refractivity contribution is 0.0956. The predicted molar refractivity (Wildman–Crippen MR) is 154 cm³/mol. The number of benzene rings is 3. The maximum atomic E-state index is 13.7. The fraction of sp³-hybridized carbons (Fsp3) is 0.212. The number of fused-ring (bicyclic) bond motifs is 1. The van der Waals surface area contributed by atoms with Gasteiger partial charge in [0.2, 0.25) is 0 Å². The third-order valence-electron chi connectivity index (χ3n) is 7.80. The van der Waals surface area contributed by atoms with Crippen LogP contribution in [0.1, 0.15) is 51.4 Å². The molecule has 1 amide bonds. The fourth-order valence-corrected chi connectivity index (χ4v) is 5.41. The summed E-state index contributed by atoms with van der Waals surface area (Å²) in [7, 11) is 3.11. The number of ether oxygens (including phenoxy) is 1. The lowest BCUT2D eigenvalue weighted by Crippen LogP contribution is -2.18. The van der Waals surface area contributed by atoms with Crippen LogP contribution in [-0.4, -0.2) is 35.8 Å². The number of carbonyl (C=O) groups excluding carboxylic acids is 2. The van der Waals surface area contributed by atoms with Crippen LogP contribution in [0, 0.1) is 12.7 Å². The van der Waals surface area contributed by atoms with Crippen LogP contribution in [0.2, 0.25) is 0 Å². The van der Waals surface area contributed by atoms with Gasteiger partial charge in [-0.2, -0.15) is 0 Å². The van der Waals surface area contributed by atoms with Crippen molar-refractivity contribution in [2.75, 3.05) is 14.2 Å². The quantitative estimate of drug-likeness (QED) is 0.217. The monoisotopic (exact) mass is 549 g/mol. The molecule has 0 saturated heterocycles. The molecule has 1 N–H and O–H groups in total. The third kappa shape index (κ3) is 4.75. The van der Waals surface area contributed by atoms with Gasteiger partial charge in [0.25, 0.3) is 5.91 Å². The number of nitrogens with zero attached hydrogens (tertiary/aromatic N) is 2. The molecular formula is C33H28FN3O4. The summed E-state index contributed by atoms with van der Waals surface area (Å²) in [6.07, 6.45) is 5.42. The largest absolute Gasteiger partial charge is 0.496 e. The van der Waals surface area contributed by atoms with Crippen molar-refractivity contribution in [3.63, 3.8) is 0 Å². The molecular weight excluding hydrogens is 521 g/mol. The smallest absolute Gasteiger partial charge is 0.255 e. The van der Waals surface area contributed by atoms with E-state index in [-0.39, 0.29) is 22.9 Å². The van der Waals surface area contributed by atoms with Gasteiger partial charge in [0.15, 0.2) is 5.78 Å². The molecule has 206 valence electrons. The second kappa shape index (κ2) is 10.3. The number of methoxy groups -OCH3 is 1. The Balaban J connectivity index is 1.43. The summed E-state index contributed by atoms with van der Waals surface area (Å²) in [6, 6.07) is 16.9. The van der Waals surface area contributed by atoms with E-state index in [1.165, 1.54) is 12.1 Å². The minimum Gasteiger partial charge on any atom is -0.496 e. The molecule has 0 unspecified atom stereocenters. The predicted octanol–water partition coefficient (Wildman–Crippen LogP) is 6.68. The zero-order valence-corrected chi connectivity index (χ0v) is 23.0. The number of nitrogens with one attached hydrogen (secondary N) is 1. The van der Waals surface area contributed by atoms with Crippen LogP contribution < -0.4 is 10.1 Å². The van der Waals surface area contributed by atoms with Crippen molar-refractivity contribution in [1.82, 2.24) is 15.3 Å². The maximum Gasteiger partial charge on any atom is 0.255 e. The molecule has 1 saturated carbocycles.